The SMILES string of the molecule is CC1(C)OB(c2ccc(CC3(Cc4ccc(B5OC(C)(C)C(C)(C)O5)cc4)c4ccccc4-c4ccccc43)cc2)OC1(C)C. The second-order valence-electron chi connectivity index (χ2n) is 15.2. The Hall–Kier alpha value is -3.15. The van der Waals surface area contributed by atoms with Gasteiger partial charge in [-0.05, 0) is 113 Å². The summed E-state index contributed by atoms with van der Waals surface area (Å²) in [4.78, 5) is 0. The molecular formula is C39H44B2O4. The molecule has 0 amide bonds. The Morgan fingerprint density at radius 3 is 1.07 bits per heavy atom. The first-order chi connectivity index (χ1) is 21.2. The van der Waals surface area contributed by atoms with Crippen LogP contribution in [-0.4, -0.2) is 36.6 Å². The Labute approximate surface area is 269 Å². The van der Waals surface area contributed by atoms with E-state index in [9.17, 15) is 0 Å². The lowest BCUT2D eigenvalue weighted by molar-refractivity contribution is 0.00578. The highest BCUT2D eigenvalue weighted by Crippen LogP contribution is 2.52. The van der Waals surface area contributed by atoms with Gasteiger partial charge in [0.05, 0.1) is 22.4 Å². The van der Waals surface area contributed by atoms with Crippen molar-refractivity contribution in [3.8, 4) is 11.1 Å². The fraction of sp³-hybridized carbons (Fsp3) is 0.385. The monoisotopic (exact) mass is 598 g/mol. The first-order valence-corrected chi connectivity index (χ1v) is 16.3. The lowest BCUT2D eigenvalue weighted by Crippen LogP contribution is -2.41. The van der Waals surface area contributed by atoms with Gasteiger partial charge >= 0.3 is 14.2 Å². The van der Waals surface area contributed by atoms with E-state index in [0.29, 0.717) is 0 Å². The van der Waals surface area contributed by atoms with Crippen molar-refractivity contribution in [2.24, 2.45) is 0 Å². The first-order valence-electron chi connectivity index (χ1n) is 16.3. The normalized spacial score (nSPS) is 21.5. The molecular weight excluding hydrogens is 554 g/mol. The van der Waals surface area contributed by atoms with Gasteiger partial charge in [0, 0.05) is 5.41 Å². The molecule has 0 unspecified atom stereocenters. The zero-order valence-electron chi connectivity index (χ0n) is 27.9. The minimum Gasteiger partial charge on any atom is -0.399 e. The van der Waals surface area contributed by atoms with E-state index in [2.05, 4.69) is 152 Å². The van der Waals surface area contributed by atoms with Gasteiger partial charge in [0.15, 0.2) is 0 Å². The van der Waals surface area contributed by atoms with Crippen LogP contribution in [0.1, 0.15) is 77.6 Å². The number of benzene rings is 4. The van der Waals surface area contributed by atoms with Crippen molar-refractivity contribution in [3.05, 3.63) is 119 Å². The van der Waals surface area contributed by atoms with Crippen LogP contribution in [0.25, 0.3) is 11.1 Å². The Kier molecular flexibility index (Phi) is 7.07. The van der Waals surface area contributed by atoms with Gasteiger partial charge in [0.2, 0.25) is 0 Å². The van der Waals surface area contributed by atoms with Gasteiger partial charge in [0.1, 0.15) is 0 Å². The smallest absolute Gasteiger partial charge is 0.399 e. The van der Waals surface area contributed by atoms with Crippen molar-refractivity contribution >= 4 is 25.2 Å². The third-order valence-electron chi connectivity index (χ3n) is 11.2. The van der Waals surface area contributed by atoms with E-state index >= 15 is 0 Å². The van der Waals surface area contributed by atoms with Crippen LogP contribution in [0.15, 0.2) is 97.1 Å². The Morgan fingerprint density at radius 2 is 0.733 bits per heavy atom. The van der Waals surface area contributed by atoms with Gasteiger partial charge in [-0.2, -0.15) is 0 Å². The van der Waals surface area contributed by atoms with Crippen LogP contribution in [0.2, 0.25) is 0 Å². The van der Waals surface area contributed by atoms with Crippen molar-refractivity contribution in [1.29, 1.82) is 0 Å². The van der Waals surface area contributed by atoms with Crippen LogP contribution < -0.4 is 10.9 Å². The van der Waals surface area contributed by atoms with Crippen molar-refractivity contribution < 1.29 is 18.6 Å². The quantitative estimate of drug-likeness (QED) is 0.223. The zero-order valence-corrected chi connectivity index (χ0v) is 27.9. The summed E-state index contributed by atoms with van der Waals surface area (Å²) in [6.45, 7) is 16.8. The summed E-state index contributed by atoms with van der Waals surface area (Å²) in [5, 5.41) is 0. The van der Waals surface area contributed by atoms with Gasteiger partial charge < -0.3 is 18.6 Å². The van der Waals surface area contributed by atoms with Crippen LogP contribution >= 0.6 is 0 Å². The molecule has 2 saturated heterocycles. The molecule has 0 radical (unpaired) electrons. The standard InChI is InChI=1S/C39H44B2O4/c1-35(2)36(3,4)43-40(42-35)29-21-17-27(18-22-29)25-39(33-15-11-9-13-31(33)32-14-10-12-16-34(32)39)26-28-19-23-30(24-20-28)41-44-37(5,6)38(7,8)45-41/h9-24H,25-26H2,1-8H3. The molecule has 4 nitrogen and oxygen atoms in total. The summed E-state index contributed by atoms with van der Waals surface area (Å²) in [7, 11) is -0.734. The maximum Gasteiger partial charge on any atom is 0.494 e. The molecule has 4 aromatic carbocycles. The Morgan fingerprint density at radius 1 is 0.422 bits per heavy atom. The Balaban J connectivity index is 1.23. The lowest BCUT2D eigenvalue weighted by Gasteiger charge is -2.33. The summed E-state index contributed by atoms with van der Waals surface area (Å²) in [6.07, 6.45) is 1.76. The van der Waals surface area contributed by atoms with Gasteiger partial charge in [-0.15, -0.1) is 0 Å². The van der Waals surface area contributed by atoms with Crippen molar-refractivity contribution in [2.75, 3.05) is 0 Å². The second-order valence-corrected chi connectivity index (χ2v) is 15.2. The minimum absolute atomic E-state index is 0.217. The molecule has 1 aliphatic carbocycles. The highest BCUT2D eigenvalue weighted by molar-refractivity contribution is 6.62. The van der Waals surface area contributed by atoms with E-state index in [4.69, 9.17) is 18.6 Å². The predicted octanol–water partition coefficient (Wildman–Crippen LogP) is 7.04. The van der Waals surface area contributed by atoms with Crippen molar-refractivity contribution in [2.45, 2.75) is 96.1 Å². The van der Waals surface area contributed by atoms with E-state index in [1.54, 1.807) is 0 Å². The molecule has 0 bridgehead atoms. The number of hydrogen-bond donors (Lipinski definition) is 0. The fourth-order valence-corrected chi connectivity index (χ4v) is 7.10. The zero-order chi connectivity index (χ0) is 31.8. The predicted molar refractivity (Wildman–Crippen MR) is 184 cm³/mol. The third kappa shape index (κ3) is 5.02. The van der Waals surface area contributed by atoms with Gasteiger partial charge in [0.25, 0.3) is 0 Å². The maximum absolute atomic E-state index is 6.34. The molecule has 0 saturated carbocycles. The second kappa shape index (κ2) is 10.4. The molecule has 6 heteroatoms. The number of rotatable bonds is 6. The lowest BCUT2D eigenvalue weighted by atomic mass is 9.69. The van der Waals surface area contributed by atoms with Gasteiger partial charge in [-0.3, -0.25) is 0 Å². The molecule has 7 rings (SSSR count). The van der Waals surface area contributed by atoms with Crippen molar-refractivity contribution in [3.63, 3.8) is 0 Å². The molecule has 45 heavy (non-hydrogen) atoms. The first kappa shape index (κ1) is 30.5. The molecule has 3 aliphatic rings. The van der Waals surface area contributed by atoms with Crippen LogP contribution in [0.5, 0.6) is 0 Å². The van der Waals surface area contributed by atoms with Gasteiger partial charge in [-0.25, -0.2) is 0 Å². The minimum atomic E-state index is -0.367. The average Bonchev–Trinajstić information content (AvgIpc) is 3.49. The molecule has 230 valence electrons. The molecule has 0 spiro atoms. The van der Waals surface area contributed by atoms with E-state index in [-0.39, 0.29) is 42.1 Å². The van der Waals surface area contributed by atoms with Crippen molar-refractivity contribution in [1.82, 2.24) is 0 Å². The highest BCUT2D eigenvalue weighted by Gasteiger charge is 2.53. The fourth-order valence-electron chi connectivity index (χ4n) is 7.10. The topological polar surface area (TPSA) is 36.9 Å². The van der Waals surface area contributed by atoms with E-state index in [1.807, 2.05) is 0 Å². The van der Waals surface area contributed by atoms with Crippen LogP contribution in [-0.2, 0) is 36.9 Å². The molecule has 0 atom stereocenters. The largest absolute Gasteiger partial charge is 0.494 e. The van der Waals surface area contributed by atoms with Gasteiger partial charge in [-0.1, -0.05) is 97.1 Å². The summed E-state index contributed by atoms with van der Waals surface area (Å²) in [5.74, 6) is 0. The molecule has 2 fully saturated rings. The molecule has 0 aromatic heterocycles. The molecule has 4 aromatic rings. The summed E-state index contributed by atoms with van der Waals surface area (Å²) in [5.41, 5.74) is 8.43. The van der Waals surface area contributed by atoms with Crippen LogP contribution in [0, 0.1) is 0 Å². The van der Waals surface area contributed by atoms with E-state index < -0.39 is 0 Å². The van der Waals surface area contributed by atoms with Crippen LogP contribution in [0.4, 0.5) is 0 Å². The average molecular weight is 598 g/mol. The number of hydrogen-bond acceptors (Lipinski definition) is 4. The molecule has 2 heterocycles. The van der Waals surface area contributed by atoms with E-state index in [0.717, 1.165) is 23.8 Å². The Bertz CT molecular complexity index is 1560. The summed E-state index contributed by atoms with van der Waals surface area (Å²) >= 11 is 0. The summed E-state index contributed by atoms with van der Waals surface area (Å²) in [6, 6.07) is 35.6. The van der Waals surface area contributed by atoms with E-state index in [1.165, 1.54) is 33.4 Å². The number of fused-ring (bicyclic) bond motifs is 3. The highest BCUT2D eigenvalue weighted by atomic mass is 16.7. The molecule has 2 aliphatic heterocycles. The summed E-state index contributed by atoms with van der Waals surface area (Å²) < 4.78 is 25.4. The van der Waals surface area contributed by atoms with Crippen LogP contribution in [0.3, 0.4) is 0 Å². The third-order valence-corrected chi connectivity index (χ3v) is 11.2. The maximum atomic E-state index is 6.34. The molecule has 0 N–H and O–H groups in total.